The van der Waals surface area contributed by atoms with Crippen LogP contribution in [-0.2, 0) is 4.79 Å². The van der Waals surface area contributed by atoms with E-state index in [2.05, 4.69) is 10.6 Å². The number of halogens is 2. The van der Waals surface area contributed by atoms with Crippen LogP contribution in [0.25, 0.3) is 0 Å². The van der Waals surface area contributed by atoms with Gasteiger partial charge in [0.25, 0.3) is 0 Å². The number of methoxy groups -OCH3 is 1. The molecule has 2 unspecified atom stereocenters. The number of hydrogen-bond acceptors (Lipinski definition) is 4. The molecule has 9 heteroatoms. The Morgan fingerprint density at radius 3 is 2.27 bits per heavy atom. The highest BCUT2D eigenvalue weighted by molar-refractivity contribution is 6.42. The lowest BCUT2D eigenvalue weighted by Crippen LogP contribution is -2.46. The third-order valence-electron chi connectivity index (χ3n) is 3.50. The zero-order valence-electron chi connectivity index (χ0n) is 13.6. The van der Waals surface area contributed by atoms with Crippen LogP contribution in [0.4, 0.5) is 10.5 Å². The number of carbonyl (C=O) groups is 2. The summed E-state index contributed by atoms with van der Waals surface area (Å²) in [5.41, 5.74) is 0.632. The predicted molar refractivity (Wildman–Crippen MR) is 98.0 cm³/mol. The summed E-state index contributed by atoms with van der Waals surface area (Å²) in [6.07, 6.45) is -1.46. The van der Waals surface area contributed by atoms with Crippen molar-refractivity contribution in [1.29, 1.82) is 0 Å². The van der Waals surface area contributed by atoms with Crippen LogP contribution < -0.4 is 15.4 Å². The summed E-state index contributed by atoms with van der Waals surface area (Å²) in [5, 5.41) is 24.8. The molecule has 2 atom stereocenters. The minimum Gasteiger partial charge on any atom is -0.497 e. The number of benzene rings is 2. The summed E-state index contributed by atoms with van der Waals surface area (Å²) >= 11 is 11.7. The highest BCUT2D eigenvalue weighted by Crippen LogP contribution is 2.25. The van der Waals surface area contributed by atoms with Gasteiger partial charge in [0.15, 0.2) is 6.04 Å². The van der Waals surface area contributed by atoms with E-state index in [1.165, 1.54) is 37.4 Å². The number of ether oxygens (including phenoxy) is 1. The largest absolute Gasteiger partial charge is 0.497 e. The first kappa shape index (κ1) is 19.8. The molecule has 0 aliphatic rings. The van der Waals surface area contributed by atoms with Gasteiger partial charge in [0.05, 0.1) is 17.2 Å². The van der Waals surface area contributed by atoms with E-state index in [0.29, 0.717) is 22.0 Å². The van der Waals surface area contributed by atoms with Crippen LogP contribution in [0.15, 0.2) is 42.5 Å². The number of aliphatic carboxylic acids is 1. The van der Waals surface area contributed by atoms with E-state index in [-0.39, 0.29) is 5.02 Å². The highest BCUT2D eigenvalue weighted by atomic mass is 35.5. The monoisotopic (exact) mass is 398 g/mol. The van der Waals surface area contributed by atoms with Crippen molar-refractivity contribution in [3.8, 4) is 5.75 Å². The number of rotatable bonds is 6. The Kier molecular flexibility index (Phi) is 6.68. The van der Waals surface area contributed by atoms with Crippen LogP contribution in [0.5, 0.6) is 5.75 Å². The van der Waals surface area contributed by atoms with Gasteiger partial charge >= 0.3 is 12.0 Å². The summed E-state index contributed by atoms with van der Waals surface area (Å²) in [7, 11) is 1.49. The molecule has 4 N–H and O–H groups in total. The summed E-state index contributed by atoms with van der Waals surface area (Å²) in [5.74, 6) is -0.837. The maximum absolute atomic E-state index is 12.1. The second kappa shape index (κ2) is 8.75. The van der Waals surface area contributed by atoms with Gasteiger partial charge in [-0.3, -0.25) is 0 Å². The first-order valence-corrected chi connectivity index (χ1v) is 8.15. The van der Waals surface area contributed by atoms with Gasteiger partial charge in [-0.1, -0.05) is 35.3 Å². The predicted octanol–water partition coefficient (Wildman–Crippen LogP) is 3.31. The normalized spacial score (nSPS) is 12.8. The first-order chi connectivity index (χ1) is 12.3. The summed E-state index contributed by atoms with van der Waals surface area (Å²) < 4.78 is 5.01. The summed E-state index contributed by atoms with van der Waals surface area (Å²) in [4.78, 5) is 23.5. The Bertz CT molecular complexity index is 798. The molecule has 0 saturated heterocycles. The SMILES string of the molecule is COc1ccc(C(O)C(NC(=O)Nc2ccc(Cl)c(Cl)c2)C(=O)O)cc1. The third kappa shape index (κ3) is 5.01. The second-order valence-electron chi connectivity index (χ2n) is 5.26. The van der Waals surface area contributed by atoms with Crippen molar-refractivity contribution in [3.05, 3.63) is 58.1 Å². The fraction of sp³-hybridized carbons (Fsp3) is 0.176. The number of aliphatic hydroxyl groups excluding tert-OH is 1. The van der Waals surface area contributed by atoms with E-state index in [9.17, 15) is 19.8 Å². The molecule has 2 rings (SSSR count). The molecule has 0 aliphatic carbocycles. The van der Waals surface area contributed by atoms with E-state index in [4.69, 9.17) is 27.9 Å². The molecule has 0 aromatic heterocycles. The van der Waals surface area contributed by atoms with Crippen molar-refractivity contribution in [2.45, 2.75) is 12.1 Å². The fourth-order valence-electron chi connectivity index (χ4n) is 2.15. The minimum atomic E-state index is -1.56. The van der Waals surface area contributed by atoms with Gasteiger partial charge in [-0.25, -0.2) is 9.59 Å². The number of aliphatic hydroxyl groups is 1. The van der Waals surface area contributed by atoms with Gasteiger partial charge in [-0.05, 0) is 35.9 Å². The van der Waals surface area contributed by atoms with E-state index in [1.54, 1.807) is 12.1 Å². The Balaban J connectivity index is 2.09. The van der Waals surface area contributed by atoms with Gasteiger partial charge < -0.3 is 25.6 Å². The Labute approximate surface area is 159 Å². The summed E-state index contributed by atoms with van der Waals surface area (Å²) in [6.45, 7) is 0. The fourth-order valence-corrected chi connectivity index (χ4v) is 2.45. The smallest absolute Gasteiger partial charge is 0.329 e. The van der Waals surface area contributed by atoms with Gasteiger partial charge in [0, 0.05) is 5.69 Å². The van der Waals surface area contributed by atoms with E-state index in [1.807, 2.05) is 0 Å². The van der Waals surface area contributed by atoms with Gasteiger partial charge in [-0.2, -0.15) is 0 Å². The summed E-state index contributed by atoms with van der Waals surface area (Å²) in [6, 6.07) is 8.20. The molecule has 2 aromatic rings. The topological polar surface area (TPSA) is 108 Å². The molecule has 0 spiro atoms. The van der Waals surface area contributed by atoms with Crippen molar-refractivity contribution < 1.29 is 24.5 Å². The van der Waals surface area contributed by atoms with Crippen molar-refractivity contribution in [1.82, 2.24) is 5.32 Å². The van der Waals surface area contributed by atoms with Crippen molar-refractivity contribution in [2.24, 2.45) is 0 Å². The lowest BCUT2D eigenvalue weighted by molar-refractivity contribution is -0.142. The maximum atomic E-state index is 12.1. The maximum Gasteiger partial charge on any atom is 0.329 e. The van der Waals surface area contributed by atoms with Crippen molar-refractivity contribution in [3.63, 3.8) is 0 Å². The van der Waals surface area contributed by atoms with Crippen molar-refractivity contribution >= 4 is 40.9 Å². The zero-order chi connectivity index (χ0) is 19.3. The average Bonchev–Trinajstić information content (AvgIpc) is 2.62. The second-order valence-corrected chi connectivity index (χ2v) is 6.08. The van der Waals surface area contributed by atoms with Crippen LogP contribution in [0.3, 0.4) is 0 Å². The van der Waals surface area contributed by atoms with E-state index < -0.39 is 24.1 Å². The van der Waals surface area contributed by atoms with Crippen molar-refractivity contribution in [2.75, 3.05) is 12.4 Å². The number of nitrogens with one attached hydrogen (secondary N) is 2. The molecule has 26 heavy (non-hydrogen) atoms. The molecular formula is C17H16Cl2N2O5. The van der Waals surface area contributed by atoms with E-state index >= 15 is 0 Å². The number of carboxylic acids is 1. The Morgan fingerprint density at radius 2 is 1.73 bits per heavy atom. The molecule has 2 amide bonds. The molecule has 0 fully saturated rings. The standard InChI is InChI=1S/C17H16Cl2N2O5/c1-26-11-5-2-9(3-6-11)15(22)14(16(23)24)21-17(25)20-10-4-7-12(18)13(19)8-10/h2-8,14-15,22H,1H3,(H,23,24)(H2,20,21,25). The molecule has 0 aliphatic heterocycles. The van der Waals surface area contributed by atoms with Crippen LogP contribution in [0.2, 0.25) is 10.0 Å². The first-order valence-electron chi connectivity index (χ1n) is 7.39. The number of amides is 2. The minimum absolute atomic E-state index is 0.234. The lowest BCUT2D eigenvalue weighted by Gasteiger charge is -2.21. The van der Waals surface area contributed by atoms with Crippen LogP contribution in [0.1, 0.15) is 11.7 Å². The number of carboxylic acid groups (broad SMARTS) is 1. The molecule has 0 saturated carbocycles. The molecule has 138 valence electrons. The van der Waals surface area contributed by atoms with Crippen LogP contribution >= 0.6 is 23.2 Å². The lowest BCUT2D eigenvalue weighted by atomic mass is 10.0. The molecule has 0 heterocycles. The third-order valence-corrected chi connectivity index (χ3v) is 4.24. The highest BCUT2D eigenvalue weighted by Gasteiger charge is 2.29. The zero-order valence-corrected chi connectivity index (χ0v) is 15.1. The number of anilines is 1. The van der Waals surface area contributed by atoms with Gasteiger partial charge in [0.1, 0.15) is 11.9 Å². The number of carbonyl (C=O) groups excluding carboxylic acids is 1. The number of urea groups is 1. The Hall–Kier alpha value is -2.48. The van der Waals surface area contributed by atoms with E-state index in [0.717, 1.165) is 0 Å². The van der Waals surface area contributed by atoms with Gasteiger partial charge in [0.2, 0.25) is 0 Å². The number of hydrogen-bond donors (Lipinski definition) is 4. The van der Waals surface area contributed by atoms with Crippen LogP contribution in [0, 0.1) is 0 Å². The molecular weight excluding hydrogens is 383 g/mol. The quantitative estimate of drug-likeness (QED) is 0.596. The molecule has 2 aromatic carbocycles. The molecule has 7 nitrogen and oxygen atoms in total. The average molecular weight is 399 g/mol. The molecule has 0 radical (unpaired) electrons. The molecule has 0 bridgehead atoms. The Morgan fingerprint density at radius 1 is 1.08 bits per heavy atom. The van der Waals surface area contributed by atoms with Crippen LogP contribution in [-0.4, -0.2) is 35.4 Å². The van der Waals surface area contributed by atoms with Gasteiger partial charge in [-0.15, -0.1) is 0 Å².